The first-order valence-electron chi connectivity index (χ1n) is 7.26. The third kappa shape index (κ3) is 10.4. The molecule has 0 amide bonds. The van der Waals surface area contributed by atoms with E-state index in [0.29, 0.717) is 0 Å². The quantitative estimate of drug-likeness (QED) is 0.402. The molecule has 1 radical (unpaired) electrons. The van der Waals surface area contributed by atoms with E-state index in [1.807, 2.05) is 0 Å². The summed E-state index contributed by atoms with van der Waals surface area (Å²) in [5, 5.41) is 30.1. The van der Waals surface area contributed by atoms with Gasteiger partial charge in [-0.25, -0.2) is 0 Å². The maximum atomic E-state index is 10.0. The van der Waals surface area contributed by atoms with Gasteiger partial charge in [0.05, 0.1) is 17.9 Å². The number of carboxylic acids is 3. The van der Waals surface area contributed by atoms with Gasteiger partial charge in [-0.3, -0.25) is 15.0 Å². The number of nitrogens with zero attached hydrogens (tertiary/aromatic N) is 3. The summed E-state index contributed by atoms with van der Waals surface area (Å²) in [7, 11) is 0. The molecule has 0 bridgehead atoms. The van der Waals surface area contributed by atoms with Gasteiger partial charge in [0.25, 0.3) is 0 Å². The second-order valence-corrected chi connectivity index (χ2v) is 4.59. The summed E-state index contributed by atoms with van der Waals surface area (Å²) in [5.74, 6) is -3.57. The van der Waals surface area contributed by atoms with E-state index in [-0.39, 0.29) is 57.5 Å². The fourth-order valence-corrected chi connectivity index (χ4v) is 1.45. The fourth-order valence-electron chi connectivity index (χ4n) is 1.45. The Bertz CT molecular complexity index is 747. The van der Waals surface area contributed by atoms with E-state index in [4.69, 9.17) is 0 Å². The predicted octanol–water partition coefficient (Wildman–Crippen LogP) is -1.66. The molecule has 0 fully saturated rings. The Labute approximate surface area is 192 Å². The minimum atomic E-state index is -1.19. The largest absolute Gasteiger partial charge is 3.00 e. The van der Waals surface area contributed by atoms with E-state index in [1.165, 1.54) is 55.4 Å². The van der Waals surface area contributed by atoms with E-state index in [2.05, 4.69) is 15.0 Å². The Morgan fingerprint density at radius 1 is 0.571 bits per heavy atom. The summed E-state index contributed by atoms with van der Waals surface area (Å²) < 4.78 is 0. The Kier molecular flexibility index (Phi) is 12.9. The van der Waals surface area contributed by atoms with Crippen molar-refractivity contribution in [2.24, 2.45) is 0 Å². The van der Waals surface area contributed by atoms with Crippen LogP contribution in [-0.4, -0.2) is 32.9 Å². The monoisotopic (exact) mass is 508 g/mol. The number of hydrogen-bond acceptors (Lipinski definition) is 9. The topological polar surface area (TPSA) is 159 Å². The molecule has 0 N–H and O–H groups in total. The number of aromatic carboxylic acids is 3. The molecular weight excluding hydrogens is 498 g/mol. The van der Waals surface area contributed by atoms with Crippen molar-refractivity contribution in [2.45, 2.75) is 0 Å². The number of carbonyl (C=O) groups excluding carboxylic acids is 3. The molecule has 3 aromatic heterocycles. The average molecular weight is 511 g/mol. The van der Waals surface area contributed by atoms with Crippen LogP contribution in [0.4, 0.5) is 0 Å². The van der Waals surface area contributed by atoms with E-state index >= 15 is 0 Å². The molecule has 0 aliphatic heterocycles. The smallest absolute Gasteiger partial charge is 0.545 e. The van der Waals surface area contributed by atoms with Crippen molar-refractivity contribution in [3.8, 4) is 0 Å². The number of carboxylic acid groups (broad SMARTS) is 3. The van der Waals surface area contributed by atoms with Crippen LogP contribution in [0.15, 0.2) is 73.6 Å². The molecule has 0 unspecified atom stereocenters. The van der Waals surface area contributed by atoms with Gasteiger partial charge in [0.1, 0.15) is 0 Å². The van der Waals surface area contributed by atoms with Gasteiger partial charge in [0, 0.05) is 53.9 Å². The first kappa shape index (κ1) is 25.2. The van der Waals surface area contributed by atoms with Crippen LogP contribution in [0.3, 0.4) is 0 Å². The van der Waals surface area contributed by atoms with Crippen LogP contribution >= 0.6 is 0 Å². The van der Waals surface area contributed by atoms with Crippen molar-refractivity contribution in [1.82, 2.24) is 15.0 Å². The molecule has 139 valence electrons. The molecular formula is C18H12N3NdO6. The number of rotatable bonds is 3. The maximum absolute atomic E-state index is 10.0. The minimum Gasteiger partial charge on any atom is -0.545 e. The van der Waals surface area contributed by atoms with Gasteiger partial charge in [-0.05, 0) is 18.2 Å². The molecule has 3 rings (SSSR count). The molecule has 0 aliphatic carbocycles. The van der Waals surface area contributed by atoms with Crippen molar-refractivity contribution in [3.63, 3.8) is 0 Å². The van der Waals surface area contributed by atoms with Gasteiger partial charge in [0.15, 0.2) is 0 Å². The van der Waals surface area contributed by atoms with Gasteiger partial charge in [-0.15, -0.1) is 0 Å². The minimum absolute atomic E-state index is 0. The predicted molar refractivity (Wildman–Crippen MR) is 85.7 cm³/mol. The van der Waals surface area contributed by atoms with Crippen LogP contribution in [-0.2, 0) is 0 Å². The van der Waals surface area contributed by atoms with Crippen LogP contribution in [0.2, 0.25) is 0 Å². The van der Waals surface area contributed by atoms with Crippen molar-refractivity contribution in [1.29, 1.82) is 0 Å². The summed E-state index contributed by atoms with van der Waals surface area (Å²) in [5.41, 5.74) is 0.326. The van der Waals surface area contributed by atoms with Gasteiger partial charge >= 0.3 is 40.8 Å². The molecule has 0 aromatic carbocycles. The molecule has 3 heterocycles. The van der Waals surface area contributed by atoms with Crippen LogP contribution in [0.5, 0.6) is 0 Å². The second-order valence-electron chi connectivity index (χ2n) is 4.59. The molecule has 10 heteroatoms. The zero-order valence-electron chi connectivity index (χ0n) is 14.2. The summed E-state index contributed by atoms with van der Waals surface area (Å²) >= 11 is 0. The Hall–Kier alpha value is -2.79. The van der Waals surface area contributed by atoms with Gasteiger partial charge in [0.2, 0.25) is 0 Å². The SMILES string of the molecule is O=C([O-])c1cccnc1.O=C([O-])c1cccnc1.O=C([O-])c1cccnc1.[Nd+3]. The zero-order valence-corrected chi connectivity index (χ0v) is 17.4. The fraction of sp³-hybridized carbons (Fsp3) is 0. The van der Waals surface area contributed by atoms with Gasteiger partial charge in [-0.2, -0.15) is 0 Å². The maximum Gasteiger partial charge on any atom is 3.00 e. The van der Waals surface area contributed by atoms with Gasteiger partial charge < -0.3 is 29.7 Å². The van der Waals surface area contributed by atoms with Crippen molar-refractivity contribution >= 4 is 17.9 Å². The Morgan fingerprint density at radius 3 is 0.929 bits per heavy atom. The molecule has 0 saturated heterocycles. The molecule has 3 aromatic rings. The van der Waals surface area contributed by atoms with Crippen molar-refractivity contribution < 1.29 is 70.5 Å². The van der Waals surface area contributed by atoms with Crippen LogP contribution in [0.1, 0.15) is 31.1 Å². The van der Waals surface area contributed by atoms with Crippen molar-refractivity contribution in [2.75, 3.05) is 0 Å². The van der Waals surface area contributed by atoms with Crippen LogP contribution in [0, 0.1) is 40.8 Å². The summed E-state index contributed by atoms with van der Waals surface area (Å²) in [6.45, 7) is 0. The number of hydrogen-bond donors (Lipinski definition) is 0. The first-order chi connectivity index (χ1) is 12.9. The Balaban J connectivity index is 0.000000384. The normalized spacial score (nSPS) is 8.57. The van der Waals surface area contributed by atoms with E-state index in [1.54, 1.807) is 18.2 Å². The molecule has 0 spiro atoms. The van der Waals surface area contributed by atoms with Crippen LogP contribution in [0.25, 0.3) is 0 Å². The third-order valence-electron chi connectivity index (χ3n) is 2.69. The van der Waals surface area contributed by atoms with E-state index in [9.17, 15) is 29.7 Å². The second kappa shape index (κ2) is 14.3. The van der Waals surface area contributed by atoms with Gasteiger partial charge in [-0.1, -0.05) is 18.2 Å². The van der Waals surface area contributed by atoms with Crippen molar-refractivity contribution in [3.05, 3.63) is 90.3 Å². The first-order valence-corrected chi connectivity index (χ1v) is 7.26. The zero-order chi connectivity index (χ0) is 20.1. The van der Waals surface area contributed by atoms with Crippen LogP contribution < -0.4 is 15.3 Å². The standard InChI is InChI=1S/3C6H5NO2.Nd/c3*8-6(9)5-2-1-3-7-4-5;/h3*1-4H,(H,8,9);/q;;;+3/p-3. The molecule has 28 heavy (non-hydrogen) atoms. The third-order valence-corrected chi connectivity index (χ3v) is 2.69. The summed E-state index contributed by atoms with van der Waals surface area (Å²) in [6, 6.07) is 8.94. The van der Waals surface area contributed by atoms with E-state index < -0.39 is 17.9 Å². The summed E-state index contributed by atoms with van der Waals surface area (Å²) in [6.07, 6.45) is 8.26. The molecule has 0 saturated carbocycles. The average Bonchev–Trinajstić information content (AvgIpc) is 2.71. The number of carbonyl (C=O) groups is 3. The number of pyridine rings is 3. The molecule has 0 aliphatic rings. The summed E-state index contributed by atoms with van der Waals surface area (Å²) in [4.78, 5) is 40.9. The Morgan fingerprint density at radius 2 is 0.821 bits per heavy atom. The molecule has 9 nitrogen and oxygen atoms in total. The number of aromatic nitrogens is 3. The molecule has 0 atom stereocenters. The van der Waals surface area contributed by atoms with E-state index in [0.717, 1.165) is 0 Å².